The normalized spacial score (nSPS) is 22.3. The fraction of sp³-hybridized carbons (Fsp3) is 0.500. The van der Waals surface area contributed by atoms with E-state index in [-0.39, 0.29) is 28.5 Å². The quantitative estimate of drug-likeness (QED) is 0.523. The smallest absolute Gasteiger partial charge is 0.300 e. The van der Waals surface area contributed by atoms with E-state index < -0.39 is 10.8 Å². The van der Waals surface area contributed by atoms with Crippen LogP contribution in [0.4, 0.5) is 5.69 Å². The van der Waals surface area contributed by atoms with Crippen molar-refractivity contribution in [2.45, 2.75) is 31.9 Å². The van der Waals surface area contributed by atoms with Gasteiger partial charge in [-0.1, -0.05) is 11.6 Å². The van der Waals surface area contributed by atoms with Crippen molar-refractivity contribution < 1.29 is 14.5 Å². The monoisotopic (exact) mass is 299 g/mol. The summed E-state index contributed by atoms with van der Waals surface area (Å²) < 4.78 is 5.39. The second kappa shape index (κ2) is 6.15. The van der Waals surface area contributed by atoms with Crippen LogP contribution in [0.1, 0.15) is 30.1 Å². The van der Waals surface area contributed by atoms with Crippen molar-refractivity contribution in [2.24, 2.45) is 0 Å². The Labute approximate surface area is 120 Å². The van der Waals surface area contributed by atoms with Gasteiger partial charge in [-0.2, -0.15) is 0 Å². The Morgan fingerprint density at radius 3 is 3.05 bits per heavy atom. The molecule has 1 aliphatic heterocycles. The number of carbonyl (C=O) groups excluding carboxylic acids is 1. The van der Waals surface area contributed by atoms with Crippen molar-refractivity contribution in [1.29, 1.82) is 0 Å². The average Bonchev–Trinajstić information content (AvgIpc) is 2.38. The minimum Gasteiger partial charge on any atom is -0.378 e. The summed E-state index contributed by atoms with van der Waals surface area (Å²) in [6, 6.07) is 1.15. The molecule has 1 saturated heterocycles. The summed E-state index contributed by atoms with van der Waals surface area (Å²) in [7, 11) is 0. The largest absolute Gasteiger partial charge is 0.378 e. The number of nitrogens with one attached hydrogen (secondary N) is 1. The van der Waals surface area contributed by atoms with Crippen LogP contribution in [0.2, 0.25) is 5.15 Å². The highest BCUT2D eigenvalue weighted by Gasteiger charge is 2.26. The molecule has 0 aromatic carbocycles. The van der Waals surface area contributed by atoms with Gasteiger partial charge in [0.25, 0.3) is 11.6 Å². The minimum atomic E-state index is -0.648. The number of nitro groups is 1. The van der Waals surface area contributed by atoms with Crippen LogP contribution in [0.25, 0.3) is 0 Å². The summed E-state index contributed by atoms with van der Waals surface area (Å²) in [5.41, 5.74) is -0.429. The fourth-order valence-electron chi connectivity index (χ4n) is 2.14. The molecule has 1 N–H and O–H groups in total. The summed E-state index contributed by atoms with van der Waals surface area (Å²) in [5.74, 6) is -0.514. The Morgan fingerprint density at radius 2 is 2.40 bits per heavy atom. The number of rotatable bonds is 3. The standard InChI is InChI=1S/C12H14ClN3O4/c1-7-4-8(2-3-20-7)15-12(17)9-5-11(13)14-6-10(9)16(18)19/h5-8H,2-4H2,1H3,(H,15,17). The Kier molecular flexibility index (Phi) is 4.51. The molecule has 7 nitrogen and oxygen atoms in total. The molecule has 8 heteroatoms. The number of amides is 1. The number of ether oxygens (including phenoxy) is 1. The third-order valence-corrected chi connectivity index (χ3v) is 3.32. The van der Waals surface area contributed by atoms with Gasteiger partial charge in [0.1, 0.15) is 16.9 Å². The maximum Gasteiger partial charge on any atom is 0.300 e. The summed E-state index contributed by atoms with van der Waals surface area (Å²) in [6.07, 6.45) is 2.41. The van der Waals surface area contributed by atoms with Crippen LogP contribution in [0.3, 0.4) is 0 Å². The van der Waals surface area contributed by atoms with Crippen molar-refractivity contribution in [2.75, 3.05) is 6.61 Å². The number of carbonyl (C=O) groups is 1. The molecule has 2 unspecified atom stereocenters. The highest BCUT2D eigenvalue weighted by atomic mass is 35.5. The lowest BCUT2D eigenvalue weighted by molar-refractivity contribution is -0.385. The van der Waals surface area contributed by atoms with Crippen LogP contribution in [0.5, 0.6) is 0 Å². The molecule has 20 heavy (non-hydrogen) atoms. The second-order valence-electron chi connectivity index (χ2n) is 4.66. The molecule has 0 radical (unpaired) electrons. The summed E-state index contributed by atoms with van der Waals surface area (Å²) >= 11 is 5.70. The van der Waals surface area contributed by atoms with E-state index in [1.807, 2.05) is 6.92 Å². The molecular formula is C12H14ClN3O4. The van der Waals surface area contributed by atoms with Crippen molar-refractivity contribution in [1.82, 2.24) is 10.3 Å². The van der Waals surface area contributed by atoms with Crippen molar-refractivity contribution in [3.05, 3.63) is 33.1 Å². The van der Waals surface area contributed by atoms with Gasteiger partial charge in [-0.3, -0.25) is 14.9 Å². The molecule has 1 aromatic heterocycles. The van der Waals surface area contributed by atoms with Crippen LogP contribution >= 0.6 is 11.6 Å². The Balaban J connectivity index is 2.16. The van der Waals surface area contributed by atoms with Crippen LogP contribution in [-0.4, -0.2) is 34.6 Å². The summed E-state index contributed by atoms with van der Waals surface area (Å²) in [5, 5.41) is 13.7. The van der Waals surface area contributed by atoms with Crippen LogP contribution < -0.4 is 5.32 Å². The molecule has 2 heterocycles. The first-order chi connectivity index (χ1) is 9.47. The van der Waals surface area contributed by atoms with Gasteiger partial charge in [0, 0.05) is 12.6 Å². The van der Waals surface area contributed by atoms with E-state index in [9.17, 15) is 14.9 Å². The molecule has 1 aromatic rings. The maximum atomic E-state index is 12.2. The van der Waals surface area contributed by atoms with Gasteiger partial charge in [-0.05, 0) is 25.8 Å². The van der Waals surface area contributed by atoms with Crippen molar-refractivity contribution in [3.63, 3.8) is 0 Å². The number of pyridine rings is 1. The summed E-state index contributed by atoms with van der Waals surface area (Å²) in [6.45, 7) is 2.48. The van der Waals surface area contributed by atoms with E-state index in [2.05, 4.69) is 10.3 Å². The number of hydrogen-bond acceptors (Lipinski definition) is 5. The molecule has 1 amide bonds. The molecule has 0 aliphatic carbocycles. The number of aromatic nitrogens is 1. The SMILES string of the molecule is CC1CC(NC(=O)c2cc(Cl)ncc2[N+](=O)[O-])CCO1. The molecule has 0 saturated carbocycles. The number of nitrogens with zero attached hydrogens (tertiary/aromatic N) is 2. The lowest BCUT2D eigenvalue weighted by atomic mass is 10.0. The first kappa shape index (κ1) is 14.7. The van der Waals surface area contributed by atoms with Crippen LogP contribution in [0.15, 0.2) is 12.3 Å². The van der Waals surface area contributed by atoms with E-state index in [4.69, 9.17) is 16.3 Å². The molecule has 1 fully saturated rings. The molecule has 2 rings (SSSR count). The second-order valence-corrected chi connectivity index (χ2v) is 5.04. The highest BCUT2D eigenvalue weighted by Crippen LogP contribution is 2.21. The third kappa shape index (κ3) is 3.43. The van der Waals surface area contributed by atoms with Crippen molar-refractivity contribution in [3.8, 4) is 0 Å². The first-order valence-electron chi connectivity index (χ1n) is 6.19. The molecular weight excluding hydrogens is 286 g/mol. The van der Waals surface area contributed by atoms with E-state index in [1.165, 1.54) is 6.07 Å². The van der Waals surface area contributed by atoms with Gasteiger partial charge in [0.05, 0.1) is 11.0 Å². The fourth-order valence-corrected chi connectivity index (χ4v) is 2.30. The predicted octanol–water partition coefficient (Wildman–Crippen LogP) is 1.94. The number of halogens is 1. The zero-order valence-corrected chi connectivity index (χ0v) is 11.6. The maximum absolute atomic E-state index is 12.2. The lowest BCUT2D eigenvalue weighted by Crippen LogP contribution is -2.41. The molecule has 108 valence electrons. The van der Waals surface area contributed by atoms with Crippen LogP contribution in [-0.2, 0) is 4.74 Å². The molecule has 2 atom stereocenters. The molecule has 0 bridgehead atoms. The zero-order valence-electron chi connectivity index (χ0n) is 10.8. The van der Waals surface area contributed by atoms with Gasteiger partial charge in [-0.25, -0.2) is 4.98 Å². The van der Waals surface area contributed by atoms with Gasteiger partial charge < -0.3 is 10.1 Å². The van der Waals surface area contributed by atoms with Crippen molar-refractivity contribution >= 4 is 23.2 Å². The third-order valence-electron chi connectivity index (χ3n) is 3.11. The Bertz CT molecular complexity index is 537. The Hall–Kier alpha value is -1.73. The molecule has 0 spiro atoms. The average molecular weight is 300 g/mol. The van der Waals surface area contributed by atoms with E-state index >= 15 is 0 Å². The van der Waals surface area contributed by atoms with Gasteiger partial charge in [-0.15, -0.1) is 0 Å². The van der Waals surface area contributed by atoms with Gasteiger partial charge >= 0.3 is 0 Å². The van der Waals surface area contributed by atoms with Gasteiger partial charge in [0.2, 0.25) is 0 Å². The molecule has 1 aliphatic rings. The minimum absolute atomic E-state index is 0.0427. The van der Waals surface area contributed by atoms with E-state index in [0.29, 0.717) is 19.4 Å². The topological polar surface area (TPSA) is 94.4 Å². The van der Waals surface area contributed by atoms with Gasteiger partial charge in [0.15, 0.2) is 0 Å². The summed E-state index contributed by atoms with van der Waals surface area (Å²) in [4.78, 5) is 26.0. The first-order valence-corrected chi connectivity index (χ1v) is 6.57. The number of hydrogen-bond donors (Lipinski definition) is 1. The lowest BCUT2D eigenvalue weighted by Gasteiger charge is -2.27. The van der Waals surface area contributed by atoms with E-state index in [0.717, 1.165) is 6.20 Å². The zero-order chi connectivity index (χ0) is 14.7. The highest BCUT2D eigenvalue weighted by molar-refractivity contribution is 6.29. The van der Waals surface area contributed by atoms with Crippen LogP contribution in [0, 0.1) is 10.1 Å². The Morgan fingerprint density at radius 1 is 1.65 bits per heavy atom. The predicted molar refractivity (Wildman–Crippen MR) is 71.8 cm³/mol. The van der Waals surface area contributed by atoms with E-state index in [1.54, 1.807) is 0 Å².